The quantitative estimate of drug-likeness (QED) is 0.614. The Morgan fingerprint density at radius 3 is 2.54 bits per heavy atom. The molecular weight excluding hydrogens is 322 g/mol. The predicted molar refractivity (Wildman–Crippen MR) is 109 cm³/mol. The summed E-state index contributed by atoms with van der Waals surface area (Å²) in [5.41, 5.74) is 0. The number of nitrogens with one attached hydrogen (secondary N) is 1. The van der Waals surface area contributed by atoms with Gasteiger partial charge >= 0.3 is 0 Å². The maximum absolute atomic E-state index is 5.04. The molecule has 0 amide bonds. The number of nitrogens with zero attached hydrogens (tertiary/aromatic N) is 4. The number of piperazine rings is 1. The molecule has 4 unspecified atom stereocenters. The molecule has 0 radical (unpaired) electrons. The van der Waals surface area contributed by atoms with Crippen LogP contribution in [0.1, 0.15) is 45.4 Å². The first kappa shape index (κ1) is 18.5. The van der Waals surface area contributed by atoms with Crippen LogP contribution in [0.3, 0.4) is 0 Å². The summed E-state index contributed by atoms with van der Waals surface area (Å²) in [6, 6.07) is 0.896. The third kappa shape index (κ3) is 4.19. The van der Waals surface area contributed by atoms with Crippen molar-refractivity contribution in [2.45, 2.75) is 51.5 Å². The lowest BCUT2D eigenvalue weighted by Gasteiger charge is -2.42. The molecule has 2 bridgehead atoms. The predicted octanol–water partition coefficient (Wildman–Crippen LogP) is 2.10. The van der Waals surface area contributed by atoms with Crippen LogP contribution < -0.4 is 5.32 Å². The van der Waals surface area contributed by atoms with Crippen LogP contribution in [0.25, 0.3) is 0 Å². The zero-order valence-corrected chi connectivity index (χ0v) is 17.0. The van der Waals surface area contributed by atoms with Crippen molar-refractivity contribution in [3.05, 3.63) is 0 Å². The van der Waals surface area contributed by atoms with Crippen molar-refractivity contribution in [2.24, 2.45) is 22.7 Å². The molecule has 4 atom stereocenters. The summed E-state index contributed by atoms with van der Waals surface area (Å²) in [4.78, 5) is 12.8. The van der Waals surface area contributed by atoms with Crippen molar-refractivity contribution in [3.8, 4) is 0 Å². The van der Waals surface area contributed by atoms with Crippen LogP contribution in [-0.2, 0) is 0 Å². The van der Waals surface area contributed by atoms with Gasteiger partial charge in [0.2, 0.25) is 0 Å². The van der Waals surface area contributed by atoms with Crippen LogP contribution in [0.4, 0.5) is 0 Å². The van der Waals surface area contributed by atoms with Gasteiger partial charge in [0.15, 0.2) is 5.96 Å². The minimum atomic E-state index is 0.734. The first-order valence-corrected chi connectivity index (χ1v) is 11.2. The summed E-state index contributed by atoms with van der Waals surface area (Å²) in [6.07, 6.45) is 8.67. The zero-order chi connectivity index (χ0) is 17.9. The average Bonchev–Trinajstić information content (AvgIpc) is 3.29. The van der Waals surface area contributed by atoms with Crippen LogP contribution >= 0.6 is 0 Å². The van der Waals surface area contributed by atoms with E-state index in [1.54, 1.807) is 0 Å². The number of aliphatic imine (C=N–C) groups is 1. The number of hydrogen-bond donors (Lipinski definition) is 1. The van der Waals surface area contributed by atoms with E-state index in [-0.39, 0.29) is 0 Å². The van der Waals surface area contributed by atoms with Gasteiger partial charge in [-0.3, -0.25) is 9.89 Å². The minimum absolute atomic E-state index is 0.734. The summed E-state index contributed by atoms with van der Waals surface area (Å²) in [7, 11) is 2.25. The highest BCUT2D eigenvalue weighted by atomic mass is 15.4. The van der Waals surface area contributed by atoms with Crippen LogP contribution in [-0.4, -0.2) is 86.1 Å². The molecule has 5 nitrogen and oxygen atoms in total. The molecule has 1 N–H and O–H groups in total. The zero-order valence-electron chi connectivity index (χ0n) is 17.0. The Labute approximate surface area is 160 Å². The van der Waals surface area contributed by atoms with Crippen LogP contribution in [0.2, 0.25) is 0 Å². The Kier molecular flexibility index (Phi) is 6.04. The molecule has 0 aromatic rings. The van der Waals surface area contributed by atoms with Crippen LogP contribution in [0.15, 0.2) is 4.99 Å². The third-order valence-corrected chi connectivity index (χ3v) is 7.34. The summed E-state index contributed by atoms with van der Waals surface area (Å²) in [6.45, 7) is 11.3. The maximum atomic E-state index is 5.04. The minimum Gasteiger partial charge on any atom is -0.357 e. The van der Waals surface area contributed by atoms with E-state index in [9.17, 15) is 0 Å². The number of hydrogen-bond acceptors (Lipinski definition) is 3. The Balaban J connectivity index is 1.29. The second kappa shape index (κ2) is 8.47. The van der Waals surface area contributed by atoms with Gasteiger partial charge in [0, 0.05) is 51.9 Å². The normalized spacial score (nSPS) is 36.7. The van der Waals surface area contributed by atoms with Gasteiger partial charge in [-0.2, -0.15) is 0 Å². The number of fused-ring (bicyclic) bond motifs is 2. The van der Waals surface area contributed by atoms with E-state index >= 15 is 0 Å². The topological polar surface area (TPSA) is 34.1 Å². The van der Waals surface area contributed by atoms with Crippen molar-refractivity contribution >= 4 is 5.96 Å². The van der Waals surface area contributed by atoms with Gasteiger partial charge in [-0.25, -0.2) is 0 Å². The lowest BCUT2D eigenvalue weighted by Crippen LogP contribution is -2.55. The fourth-order valence-corrected chi connectivity index (χ4v) is 5.99. The van der Waals surface area contributed by atoms with Crippen molar-refractivity contribution in [1.82, 2.24) is 20.0 Å². The van der Waals surface area contributed by atoms with E-state index < -0.39 is 0 Å². The molecule has 2 saturated heterocycles. The van der Waals surface area contributed by atoms with Crippen molar-refractivity contribution in [3.63, 3.8) is 0 Å². The highest BCUT2D eigenvalue weighted by molar-refractivity contribution is 5.80. The lowest BCUT2D eigenvalue weighted by atomic mass is 9.93. The molecule has 2 aliphatic heterocycles. The second-order valence-electron chi connectivity index (χ2n) is 9.23. The fourth-order valence-electron chi connectivity index (χ4n) is 5.99. The van der Waals surface area contributed by atoms with Crippen LogP contribution in [0.5, 0.6) is 0 Å². The summed E-state index contributed by atoms with van der Waals surface area (Å²) in [5.74, 6) is 3.96. The fraction of sp³-hybridized carbons (Fsp3) is 0.952. The molecule has 0 spiro atoms. The molecule has 5 heteroatoms. The summed E-state index contributed by atoms with van der Waals surface area (Å²) >= 11 is 0. The van der Waals surface area contributed by atoms with Gasteiger partial charge < -0.3 is 15.1 Å². The van der Waals surface area contributed by atoms with Crippen molar-refractivity contribution in [1.29, 1.82) is 0 Å². The molecule has 2 aliphatic carbocycles. The smallest absolute Gasteiger partial charge is 0.194 e. The van der Waals surface area contributed by atoms with E-state index in [1.165, 1.54) is 64.7 Å². The molecule has 2 saturated carbocycles. The van der Waals surface area contributed by atoms with Gasteiger partial charge in [0.05, 0.1) is 0 Å². The first-order valence-electron chi connectivity index (χ1n) is 11.2. The van der Waals surface area contributed by atoms with E-state index in [0.29, 0.717) is 0 Å². The first-order chi connectivity index (χ1) is 12.7. The molecular formula is C21H39N5. The molecule has 4 aliphatic rings. The largest absolute Gasteiger partial charge is 0.357 e. The third-order valence-electron chi connectivity index (χ3n) is 7.34. The number of rotatable bonds is 4. The average molecular weight is 362 g/mol. The standard InChI is InChI=1S/C21H39N5/c1-3-22-21(23-15-18-5-4-8-24(2)16-18)26-11-9-25(10-12-26)20-14-17-6-7-19(20)13-17/h17-20H,3-16H2,1-2H3,(H,22,23). The second-order valence-corrected chi connectivity index (χ2v) is 9.23. The molecule has 4 fully saturated rings. The molecule has 4 rings (SSSR count). The molecule has 148 valence electrons. The van der Waals surface area contributed by atoms with Crippen LogP contribution in [0, 0.1) is 17.8 Å². The number of piperidine rings is 1. The Morgan fingerprint density at radius 1 is 1.04 bits per heavy atom. The highest BCUT2D eigenvalue weighted by Gasteiger charge is 2.42. The van der Waals surface area contributed by atoms with Gasteiger partial charge in [-0.1, -0.05) is 6.42 Å². The molecule has 26 heavy (non-hydrogen) atoms. The van der Waals surface area contributed by atoms with E-state index in [1.807, 2.05) is 0 Å². The van der Waals surface area contributed by atoms with Crippen molar-refractivity contribution < 1.29 is 0 Å². The van der Waals surface area contributed by atoms with E-state index in [4.69, 9.17) is 4.99 Å². The van der Waals surface area contributed by atoms with Crippen molar-refractivity contribution in [2.75, 3.05) is 59.4 Å². The highest BCUT2D eigenvalue weighted by Crippen LogP contribution is 2.46. The Hall–Kier alpha value is -0.810. The van der Waals surface area contributed by atoms with Gasteiger partial charge in [-0.15, -0.1) is 0 Å². The van der Waals surface area contributed by atoms with E-state index in [0.717, 1.165) is 55.9 Å². The van der Waals surface area contributed by atoms with Gasteiger partial charge in [0.25, 0.3) is 0 Å². The Morgan fingerprint density at radius 2 is 1.88 bits per heavy atom. The molecule has 0 aromatic carbocycles. The molecule has 0 aromatic heterocycles. The van der Waals surface area contributed by atoms with Gasteiger partial charge in [-0.05, 0) is 70.4 Å². The lowest BCUT2D eigenvalue weighted by molar-refractivity contribution is 0.0957. The molecule has 2 heterocycles. The Bertz CT molecular complexity index is 485. The summed E-state index contributed by atoms with van der Waals surface area (Å²) in [5, 5.41) is 3.56. The number of likely N-dealkylation sites (tertiary alicyclic amines) is 1. The maximum Gasteiger partial charge on any atom is 0.194 e. The number of guanidine groups is 1. The SMILES string of the molecule is CCNC(=NCC1CCCN(C)C1)N1CCN(C2CC3CCC2C3)CC1. The summed E-state index contributed by atoms with van der Waals surface area (Å²) < 4.78 is 0. The monoisotopic (exact) mass is 361 g/mol. The van der Waals surface area contributed by atoms with E-state index in [2.05, 4.69) is 34.0 Å². The van der Waals surface area contributed by atoms with Gasteiger partial charge in [0.1, 0.15) is 0 Å².